The zero-order valence-electron chi connectivity index (χ0n) is 12.2. The standard InChI is InChI=1S/C15H21N3O2/c1-4-7-13-17-14(18-20-13)15(2,16)10-11-8-5-6-9-12(11)19-3/h5-6,8-9H,4,7,10,16H2,1-3H3. The van der Waals surface area contributed by atoms with Crippen molar-refractivity contribution in [2.45, 2.75) is 38.6 Å². The van der Waals surface area contributed by atoms with Gasteiger partial charge in [0.25, 0.3) is 0 Å². The Hall–Kier alpha value is -1.88. The minimum absolute atomic E-state index is 0.534. The van der Waals surface area contributed by atoms with Crippen LogP contribution in [0.1, 0.15) is 37.5 Å². The van der Waals surface area contributed by atoms with Crippen molar-refractivity contribution in [3.05, 3.63) is 41.5 Å². The number of hydrogen-bond donors (Lipinski definition) is 1. The Morgan fingerprint density at radius 3 is 2.80 bits per heavy atom. The minimum atomic E-state index is -0.690. The Kier molecular flexibility index (Phi) is 4.39. The topological polar surface area (TPSA) is 74.2 Å². The molecule has 108 valence electrons. The summed E-state index contributed by atoms with van der Waals surface area (Å²) in [5.74, 6) is 1.99. The van der Waals surface area contributed by atoms with Gasteiger partial charge >= 0.3 is 0 Å². The van der Waals surface area contributed by atoms with Crippen LogP contribution in [0.3, 0.4) is 0 Å². The van der Waals surface area contributed by atoms with Crippen LogP contribution in [0.5, 0.6) is 5.75 Å². The van der Waals surface area contributed by atoms with Gasteiger partial charge in [-0.25, -0.2) is 0 Å². The first-order valence-corrected chi connectivity index (χ1v) is 6.80. The van der Waals surface area contributed by atoms with Crippen molar-refractivity contribution in [2.75, 3.05) is 7.11 Å². The summed E-state index contributed by atoms with van der Waals surface area (Å²) in [5, 5.41) is 4.01. The van der Waals surface area contributed by atoms with Gasteiger partial charge in [0.05, 0.1) is 12.6 Å². The Morgan fingerprint density at radius 1 is 1.35 bits per heavy atom. The van der Waals surface area contributed by atoms with Crippen LogP contribution in [0.15, 0.2) is 28.8 Å². The molecule has 2 aromatic rings. The Bertz CT molecular complexity index is 564. The lowest BCUT2D eigenvalue weighted by Crippen LogP contribution is -2.36. The third-order valence-electron chi connectivity index (χ3n) is 3.19. The summed E-state index contributed by atoms with van der Waals surface area (Å²) in [6.07, 6.45) is 2.33. The van der Waals surface area contributed by atoms with Gasteiger partial charge in [0.1, 0.15) is 5.75 Å². The molecule has 0 aliphatic rings. The van der Waals surface area contributed by atoms with Crippen molar-refractivity contribution in [3.8, 4) is 5.75 Å². The summed E-state index contributed by atoms with van der Waals surface area (Å²) in [6.45, 7) is 3.97. The van der Waals surface area contributed by atoms with E-state index in [1.165, 1.54) is 0 Å². The predicted octanol–water partition coefficient (Wildman–Crippen LogP) is 2.45. The number of aromatic nitrogens is 2. The molecule has 0 spiro atoms. The number of rotatable bonds is 6. The number of methoxy groups -OCH3 is 1. The molecule has 1 atom stereocenters. The Balaban J connectivity index is 2.21. The predicted molar refractivity (Wildman–Crippen MR) is 76.5 cm³/mol. The lowest BCUT2D eigenvalue weighted by molar-refractivity contribution is 0.350. The third-order valence-corrected chi connectivity index (χ3v) is 3.19. The maximum atomic E-state index is 6.36. The van der Waals surface area contributed by atoms with Crippen molar-refractivity contribution in [1.29, 1.82) is 0 Å². The van der Waals surface area contributed by atoms with Crippen LogP contribution in [0.4, 0.5) is 0 Å². The van der Waals surface area contributed by atoms with Crippen molar-refractivity contribution in [2.24, 2.45) is 5.73 Å². The second-order valence-corrected chi connectivity index (χ2v) is 5.17. The molecule has 0 aliphatic carbocycles. The fourth-order valence-corrected chi connectivity index (χ4v) is 2.13. The molecule has 1 aromatic heterocycles. The van der Waals surface area contributed by atoms with E-state index >= 15 is 0 Å². The quantitative estimate of drug-likeness (QED) is 0.876. The van der Waals surface area contributed by atoms with E-state index < -0.39 is 5.54 Å². The molecule has 0 fully saturated rings. The second kappa shape index (κ2) is 6.05. The monoisotopic (exact) mass is 275 g/mol. The number of nitrogens with two attached hydrogens (primary N) is 1. The molecular formula is C15H21N3O2. The minimum Gasteiger partial charge on any atom is -0.496 e. The van der Waals surface area contributed by atoms with E-state index in [0.29, 0.717) is 18.1 Å². The van der Waals surface area contributed by atoms with E-state index in [-0.39, 0.29) is 0 Å². The van der Waals surface area contributed by atoms with Crippen LogP contribution in [-0.2, 0) is 18.4 Å². The van der Waals surface area contributed by atoms with Gasteiger partial charge in [0.2, 0.25) is 5.89 Å². The largest absolute Gasteiger partial charge is 0.496 e. The summed E-state index contributed by atoms with van der Waals surface area (Å²) in [6, 6.07) is 7.82. The van der Waals surface area contributed by atoms with Crippen LogP contribution in [0, 0.1) is 0 Å². The summed E-state index contributed by atoms with van der Waals surface area (Å²) in [4.78, 5) is 4.38. The van der Waals surface area contributed by atoms with Crippen LogP contribution < -0.4 is 10.5 Å². The third kappa shape index (κ3) is 3.17. The molecule has 20 heavy (non-hydrogen) atoms. The van der Waals surface area contributed by atoms with E-state index in [4.69, 9.17) is 15.0 Å². The highest BCUT2D eigenvalue weighted by Crippen LogP contribution is 2.26. The molecule has 0 saturated heterocycles. The van der Waals surface area contributed by atoms with Gasteiger partial charge in [-0.3, -0.25) is 0 Å². The van der Waals surface area contributed by atoms with Gasteiger partial charge in [-0.15, -0.1) is 0 Å². The summed E-state index contributed by atoms with van der Waals surface area (Å²) in [7, 11) is 1.65. The molecule has 2 rings (SSSR count). The summed E-state index contributed by atoms with van der Waals surface area (Å²) >= 11 is 0. The van der Waals surface area contributed by atoms with E-state index in [1.807, 2.05) is 31.2 Å². The fourth-order valence-electron chi connectivity index (χ4n) is 2.13. The molecule has 2 N–H and O–H groups in total. The van der Waals surface area contributed by atoms with Gasteiger partial charge < -0.3 is 15.0 Å². The molecular weight excluding hydrogens is 254 g/mol. The molecule has 5 heteroatoms. The summed E-state index contributed by atoms with van der Waals surface area (Å²) < 4.78 is 10.6. The maximum Gasteiger partial charge on any atom is 0.226 e. The molecule has 0 radical (unpaired) electrons. The van der Waals surface area contributed by atoms with Gasteiger partial charge in [-0.1, -0.05) is 30.3 Å². The van der Waals surface area contributed by atoms with Crippen molar-refractivity contribution < 1.29 is 9.26 Å². The van der Waals surface area contributed by atoms with E-state index in [9.17, 15) is 0 Å². The first-order chi connectivity index (χ1) is 9.56. The van der Waals surface area contributed by atoms with Crippen molar-refractivity contribution in [1.82, 2.24) is 10.1 Å². The van der Waals surface area contributed by atoms with Gasteiger partial charge in [-0.2, -0.15) is 4.98 Å². The number of hydrogen-bond acceptors (Lipinski definition) is 5. The number of ether oxygens (including phenoxy) is 1. The van der Waals surface area contributed by atoms with Crippen LogP contribution >= 0.6 is 0 Å². The highest BCUT2D eigenvalue weighted by atomic mass is 16.5. The number of nitrogens with zero attached hydrogens (tertiary/aromatic N) is 2. The van der Waals surface area contributed by atoms with Crippen LogP contribution in [-0.4, -0.2) is 17.3 Å². The lowest BCUT2D eigenvalue weighted by Gasteiger charge is -2.21. The Morgan fingerprint density at radius 2 is 2.10 bits per heavy atom. The average molecular weight is 275 g/mol. The first-order valence-electron chi connectivity index (χ1n) is 6.80. The second-order valence-electron chi connectivity index (χ2n) is 5.17. The van der Waals surface area contributed by atoms with Gasteiger partial charge in [0, 0.05) is 12.8 Å². The number of aryl methyl sites for hydroxylation is 1. The van der Waals surface area contributed by atoms with Crippen LogP contribution in [0.25, 0.3) is 0 Å². The maximum absolute atomic E-state index is 6.36. The molecule has 1 unspecified atom stereocenters. The van der Waals surface area contributed by atoms with Crippen molar-refractivity contribution in [3.63, 3.8) is 0 Å². The van der Waals surface area contributed by atoms with Gasteiger partial charge in [0.15, 0.2) is 5.82 Å². The van der Waals surface area contributed by atoms with E-state index in [1.54, 1.807) is 7.11 Å². The normalized spacial score (nSPS) is 14.0. The van der Waals surface area contributed by atoms with E-state index in [0.717, 1.165) is 24.2 Å². The first kappa shape index (κ1) is 14.5. The molecule has 0 amide bonds. The van der Waals surface area contributed by atoms with Crippen LogP contribution in [0.2, 0.25) is 0 Å². The Labute approximate surface area is 119 Å². The molecule has 0 bridgehead atoms. The van der Waals surface area contributed by atoms with E-state index in [2.05, 4.69) is 17.1 Å². The molecule has 0 saturated carbocycles. The molecule has 1 aromatic carbocycles. The number of para-hydroxylation sites is 1. The molecule has 0 aliphatic heterocycles. The van der Waals surface area contributed by atoms with Crippen molar-refractivity contribution >= 4 is 0 Å². The fraction of sp³-hybridized carbons (Fsp3) is 0.467. The molecule has 1 heterocycles. The highest BCUT2D eigenvalue weighted by molar-refractivity contribution is 5.35. The zero-order chi connectivity index (χ0) is 14.6. The smallest absolute Gasteiger partial charge is 0.226 e. The zero-order valence-corrected chi connectivity index (χ0v) is 12.2. The average Bonchev–Trinajstić information content (AvgIpc) is 2.89. The SMILES string of the molecule is CCCc1nc(C(C)(N)Cc2ccccc2OC)no1. The molecule has 5 nitrogen and oxygen atoms in total. The lowest BCUT2D eigenvalue weighted by atomic mass is 9.92. The van der Waals surface area contributed by atoms with Gasteiger partial charge in [-0.05, 0) is 25.0 Å². The number of benzene rings is 1. The highest BCUT2D eigenvalue weighted by Gasteiger charge is 2.28. The summed E-state index contributed by atoms with van der Waals surface area (Å²) in [5.41, 5.74) is 6.70.